The van der Waals surface area contributed by atoms with Gasteiger partial charge in [0.05, 0.1) is 5.69 Å². The number of halogens is 1. The average Bonchev–Trinajstić information content (AvgIpc) is 2.40. The lowest BCUT2D eigenvalue weighted by Gasteiger charge is -2.41. The topological polar surface area (TPSA) is 29.5 Å². The molecule has 1 fully saturated rings. The predicted molar refractivity (Wildman–Crippen MR) is 78.5 cm³/mol. The van der Waals surface area contributed by atoms with Crippen molar-refractivity contribution in [2.75, 3.05) is 11.5 Å². The molecule has 1 aromatic carbocycles. The normalized spacial score (nSPS) is 26.8. The monoisotopic (exact) mass is 323 g/mol. The first-order valence-corrected chi connectivity index (χ1v) is 7.70. The third-order valence-electron chi connectivity index (χ3n) is 4.20. The number of hydrogen-bond acceptors (Lipinski definition) is 2. The maximum Gasteiger partial charge on any atom is 0.265 e. The summed E-state index contributed by atoms with van der Waals surface area (Å²) in [4.78, 5) is 14.3. The van der Waals surface area contributed by atoms with Crippen LogP contribution in [0.4, 0.5) is 5.69 Å². The number of fused-ring (bicyclic) bond motifs is 1. The summed E-state index contributed by atoms with van der Waals surface area (Å²) in [6.45, 7) is 2.41. The number of hydrogen-bond donors (Lipinski definition) is 0. The molecule has 0 aromatic heterocycles. The molecule has 1 aliphatic carbocycles. The number of carbonyl (C=O) groups is 1. The summed E-state index contributed by atoms with van der Waals surface area (Å²) < 4.78 is 6.54. The van der Waals surface area contributed by atoms with Crippen LogP contribution in [0, 0.1) is 5.92 Å². The van der Waals surface area contributed by atoms with E-state index in [2.05, 4.69) is 22.9 Å². The Kier molecular flexibility index (Phi) is 3.52. The highest BCUT2D eigenvalue weighted by atomic mass is 79.9. The van der Waals surface area contributed by atoms with Gasteiger partial charge in [0, 0.05) is 10.5 Å². The van der Waals surface area contributed by atoms with Gasteiger partial charge in [-0.2, -0.15) is 0 Å². The zero-order chi connectivity index (χ0) is 13.4. The van der Waals surface area contributed by atoms with Crippen LogP contribution in [0.3, 0.4) is 0 Å². The quantitative estimate of drug-likeness (QED) is 0.787. The van der Waals surface area contributed by atoms with Crippen molar-refractivity contribution in [3.8, 4) is 5.75 Å². The Bertz CT molecular complexity index is 503. The third-order valence-corrected chi connectivity index (χ3v) is 4.69. The van der Waals surface area contributed by atoms with Gasteiger partial charge in [-0.1, -0.05) is 35.7 Å². The fourth-order valence-electron chi connectivity index (χ4n) is 3.19. The smallest absolute Gasteiger partial charge is 0.265 e. The van der Waals surface area contributed by atoms with Crippen LogP contribution < -0.4 is 9.64 Å². The number of rotatable bonds is 1. The highest BCUT2D eigenvalue weighted by Gasteiger charge is 2.35. The SMILES string of the molecule is C[C@H]1CCCC[C@@H]1N1C(=O)COc2cc(Br)ccc21. The standard InChI is InChI=1S/C15H18BrNO2/c1-10-4-2-3-5-12(10)17-13-7-6-11(16)8-14(13)19-9-15(17)18/h6-8,10,12H,2-5,9H2,1H3/t10-,12-/m0/s1. The number of ether oxygens (including phenoxy) is 1. The molecule has 0 spiro atoms. The molecule has 4 heteroatoms. The molecule has 0 saturated heterocycles. The zero-order valence-corrected chi connectivity index (χ0v) is 12.6. The van der Waals surface area contributed by atoms with E-state index in [0.717, 1.165) is 22.3 Å². The maximum atomic E-state index is 12.3. The van der Waals surface area contributed by atoms with Gasteiger partial charge in [-0.25, -0.2) is 0 Å². The molecule has 0 radical (unpaired) electrons. The lowest BCUT2D eigenvalue weighted by Crippen LogP contribution is -2.49. The van der Waals surface area contributed by atoms with E-state index in [4.69, 9.17) is 4.74 Å². The Balaban J connectivity index is 1.98. The molecular formula is C15H18BrNO2. The van der Waals surface area contributed by atoms with Crippen LogP contribution in [-0.4, -0.2) is 18.6 Å². The van der Waals surface area contributed by atoms with Crippen LogP contribution in [0.1, 0.15) is 32.6 Å². The van der Waals surface area contributed by atoms with Gasteiger partial charge in [0.2, 0.25) is 0 Å². The molecule has 0 unspecified atom stereocenters. The maximum absolute atomic E-state index is 12.3. The van der Waals surface area contributed by atoms with Gasteiger partial charge >= 0.3 is 0 Å². The van der Waals surface area contributed by atoms with E-state index in [0.29, 0.717) is 12.0 Å². The summed E-state index contributed by atoms with van der Waals surface area (Å²) in [6.07, 6.45) is 4.80. The van der Waals surface area contributed by atoms with Crippen molar-refractivity contribution in [3.05, 3.63) is 22.7 Å². The molecule has 0 N–H and O–H groups in total. The summed E-state index contributed by atoms with van der Waals surface area (Å²) in [6, 6.07) is 6.23. The van der Waals surface area contributed by atoms with Crippen LogP contribution >= 0.6 is 15.9 Å². The van der Waals surface area contributed by atoms with Gasteiger partial charge in [0.1, 0.15) is 5.75 Å². The van der Waals surface area contributed by atoms with E-state index in [9.17, 15) is 4.79 Å². The molecule has 3 nitrogen and oxygen atoms in total. The van der Waals surface area contributed by atoms with Crippen LogP contribution in [0.5, 0.6) is 5.75 Å². The third kappa shape index (κ3) is 2.38. The Morgan fingerprint density at radius 3 is 2.89 bits per heavy atom. The second-order valence-electron chi connectivity index (χ2n) is 5.49. The fourth-order valence-corrected chi connectivity index (χ4v) is 3.53. The molecule has 1 amide bonds. The van der Waals surface area contributed by atoms with Gasteiger partial charge in [-0.15, -0.1) is 0 Å². The van der Waals surface area contributed by atoms with E-state index in [-0.39, 0.29) is 12.5 Å². The Labute approximate surface area is 122 Å². The molecule has 0 bridgehead atoms. The number of benzene rings is 1. The second-order valence-corrected chi connectivity index (χ2v) is 6.41. The van der Waals surface area contributed by atoms with Crippen molar-refractivity contribution in [2.24, 2.45) is 5.92 Å². The summed E-state index contributed by atoms with van der Waals surface area (Å²) in [5.41, 5.74) is 0.929. The molecular weight excluding hydrogens is 306 g/mol. The summed E-state index contributed by atoms with van der Waals surface area (Å²) >= 11 is 3.45. The Morgan fingerprint density at radius 2 is 2.11 bits per heavy atom. The molecule has 2 aliphatic rings. The minimum absolute atomic E-state index is 0.0913. The van der Waals surface area contributed by atoms with Crippen LogP contribution in [-0.2, 0) is 4.79 Å². The highest BCUT2D eigenvalue weighted by molar-refractivity contribution is 9.10. The molecule has 1 heterocycles. The molecule has 102 valence electrons. The lowest BCUT2D eigenvalue weighted by atomic mass is 9.84. The Morgan fingerprint density at radius 1 is 1.32 bits per heavy atom. The van der Waals surface area contributed by atoms with Gasteiger partial charge in [-0.3, -0.25) is 4.79 Å². The predicted octanol–water partition coefficient (Wildman–Crippen LogP) is 3.75. The van der Waals surface area contributed by atoms with Crippen molar-refractivity contribution in [3.63, 3.8) is 0 Å². The van der Waals surface area contributed by atoms with Crippen molar-refractivity contribution < 1.29 is 9.53 Å². The minimum Gasteiger partial charge on any atom is -0.482 e. The molecule has 19 heavy (non-hydrogen) atoms. The molecule has 2 atom stereocenters. The summed E-state index contributed by atoms with van der Waals surface area (Å²) in [7, 11) is 0. The van der Waals surface area contributed by atoms with Crippen LogP contribution in [0.15, 0.2) is 22.7 Å². The van der Waals surface area contributed by atoms with Crippen molar-refractivity contribution >= 4 is 27.5 Å². The highest BCUT2D eigenvalue weighted by Crippen LogP contribution is 2.39. The van der Waals surface area contributed by atoms with Crippen LogP contribution in [0.25, 0.3) is 0 Å². The lowest BCUT2D eigenvalue weighted by molar-refractivity contribution is -0.122. The molecule has 3 rings (SSSR count). The van der Waals surface area contributed by atoms with Gasteiger partial charge < -0.3 is 9.64 Å². The second kappa shape index (κ2) is 5.16. The van der Waals surface area contributed by atoms with E-state index >= 15 is 0 Å². The fraction of sp³-hybridized carbons (Fsp3) is 0.533. The summed E-state index contributed by atoms with van der Waals surface area (Å²) in [5, 5.41) is 0. The number of amides is 1. The van der Waals surface area contributed by atoms with Crippen molar-refractivity contribution in [1.82, 2.24) is 0 Å². The van der Waals surface area contributed by atoms with Crippen molar-refractivity contribution in [2.45, 2.75) is 38.6 Å². The van der Waals surface area contributed by atoms with E-state index in [1.165, 1.54) is 19.3 Å². The minimum atomic E-state index is 0.0913. The average molecular weight is 324 g/mol. The summed E-state index contributed by atoms with van der Waals surface area (Å²) in [5.74, 6) is 1.47. The number of nitrogens with zero attached hydrogens (tertiary/aromatic N) is 1. The van der Waals surface area contributed by atoms with Gasteiger partial charge in [-0.05, 0) is 37.0 Å². The van der Waals surface area contributed by atoms with Crippen LogP contribution in [0.2, 0.25) is 0 Å². The van der Waals surface area contributed by atoms with Crippen molar-refractivity contribution in [1.29, 1.82) is 0 Å². The first-order valence-electron chi connectivity index (χ1n) is 6.91. The largest absolute Gasteiger partial charge is 0.482 e. The number of carbonyl (C=O) groups excluding carboxylic acids is 1. The van der Waals surface area contributed by atoms with Gasteiger partial charge in [0.15, 0.2) is 6.61 Å². The van der Waals surface area contributed by atoms with E-state index < -0.39 is 0 Å². The van der Waals surface area contributed by atoms with Gasteiger partial charge in [0.25, 0.3) is 5.91 Å². The van der Waals surface area contributed by atoms with E-state index in [1.807, 2.05) is 23.1 Å². The first kappa shape index (κ1) is 13.0. The molecule has 1 aliphatic heterocycles. The Hall–Kier alpha value is -1.03. The first-order chi connectivity index (χ1) is 9.16. The number of anilines is 1. The molecule has 1 aromatic rings. The zero-order valence-electron chi connectivity index (χ0n) is 11.1. The van der Waals surface area contributed by atoms with E-state index in [1.54, 1.807) is 0 Å². The molecule has 1 saturated carbocycles.